The van der Waals surface area contributed by atoms with Crippen LogP contribution in [-0.4, -0.2) is 4.57 Å². The highest BCUT2D eigenvalue weighted by Crippen LogP contribution is 2.64. The monoisotopic (exact) mass is 914 g/mol. The summed E-state index contributed by atoms with van der Waals surface area (Å²) >= 11 is 0. The van der Waals surface area contributed by atoms with Crippen LogP contribution in [0.2, 0.25) is 0 Å². The first kappa shape index (κ1) is 16.2. The third-order valence-electron chi connectivity index (χ3n) is 12.5. The molecule has 2 aliphatic rings. The van der Waals surface area contributed by atoms with Gasteiger partial charge in [0.25, 0.3) is 0 Å². The Hall–Kier alpha value is -8.78. The van der Waals surface area contributed by atoms with Gasteiger partial charge in [-0.25, -0.2) is 0 Å². The molecule has 0 radical (unpaired) electrons. The van der Waals surface area contributed by atoms with Crippen molar-refractivity contribution in [2.75, 3.05) is 0 Å². The van der Waals surface area contributed by atoms with E-state index in [0.29, 0.717) is 0 Å². The van der Waals surface area contributed by atoms with Crippen LogP contribution in [0.15, 0.2) is 242 Å². The topological polar surface area (TPSA) is 4.93 Å². The lowest BCUT2D eigenvalue weighted by Crippen LogP contribution is -2.25. The van der Waals surface area contributed by atoms with E-state index in [2.05, 4.69) is 0 Å². The lowest BCUT2D eigenvalue weighted by atomic mass is 9.70. The SMILES string of the molecule is [2H]c1c([2H])c([2H])c2c(c1[2H])-c1c([2H])c([2H])c([2H])c([2H])c1C21c2c([2H])c([2H])c([2H])c([2H])c2-c2c(-c3c([2H])c([2H])c(-c4c([2H])c([2H])c5c(c4[2H])c4c([2H])c([2H])c([2H])c([2H])c4c4c([2H])c([2H])c(-c6c([2H])c([2H])c([2H])c7c8c([2H])c([2H])c([2H])c([2H])c8n(-c8c([2H])c([2H])c([2H])c(C)c8[2H])c67)c([2H])c45)c([2H])c3[2H])c([2H])c([2H])c([2H])c21. The molecule has 0 fully saturated rings. The number of fused-ring (bicyclic) bond motifs is 19. The summed E-state index contributed by atoms with van der Waals surface area (Å²) in [6.07, 6.45) is 0. The average Bonchev–Trinajstić information content (AvgIpc) is 1.45. The van der Waals surface area contributed by atoms with E-state index in [-0.39, 0.29) is 5.56 Å². The van der Waals surface area contributed by atoms with Crippen LogP contribution in [0.1, 0.15) is 82.6 Å². The largest absolute Gasteiger partial charge is 0.309 e. The zero-order valence-corrected chi connectivity index (χ0v) is 34.9. The van der Waals surface area contributed by atoms with E-state index < -0.39 is 385 Å². The highest BCUT2D eigenvalue weighted by molar-refractivity contribution is 6.26. The standard InChI is InChI=1S/C68H43N/c1-42-15-12-16-47(39-42)69-65-30-11-7-21-56(65)57-25-13-24-49(67(57)69)46-36-38-52-50-17-2-3-18-51(50)59-40-45(35-37-53(59)60(52)41-46)43-31-33-44(34-32-43)48-23-14-29-64-66(48)58-22-6-10-28-63(58)68(64)61-26-8-4-19-54(61)55-20-5-9-27-62(55)68/h2-41H,1H3/i2D,3D,4D,5D,6D,7D,8D,9D,10D,11D,12D,13D,14D,15D,16D,17D,18D,19D,20D,21D,22D,23D,24D,25D,26D,27D,28D,29D,30D,31D,32D,33D,34D,35D,36D,37D,38D,39D,40D,41D. The number of hydrogen-bond donors (Lipinski definition) is 0. The van der Waals surface area contributed by atoms with Crippen LogP contribution in [-0.2, 0) is 5.41 Å². The number of para-hydroxylation sites is 2. The first-order valence-electron chi connectivity index (χ1n) is 40.9. The van der Waals surface area contributed by atoms with Gasteiger partial charge >= 0.3 is 0 Å². The van der Waals surface area contributed by atoms with Crippen molar-refractivity contribution in [3.05, 3.63) is 270 Å². The summed E-state index contributed by atoms with van der Waals surface area (Å²) in [5.41, 5.74) is -16.8. The van der Waals surface area contributed by atoms with Crippen molar-refractivity contribution in [3.63, 3.8) is 0 Å². The quantitative estimate of drug-likeness (QED) is 0.155. The fraction of sp³-hybridized carbons (Fsp3) is 0.0294. The minimum absolute atomic E-state index is 0.264. The number of aromatic nitrogens is 1. The molecular weight excluding hydrogens is 831 g/mol. The molecule has 15 rings (SSSR count). The van der Waals surface area contributed by atoms with Crippen LogP contribution in [0, 0.1) is 6.92 Å². The lowest BCUT2D eigenvalue weighted by molar-refractivity contribution is 0.794. The van der Waals surface area contributed by atoms with Crippen LogP contribution >= 0.6 is 0 Å². The Morgan fingerprint density at radius 1 is 0.319 bits per heavy atom. The molecule has 0 N–H and O–H groups in total. The van der Waals surface area contributed by atoms with Crippen LogP contribution in [0.3, 0.4) is 0 Å². The predicted octanol–water partition coefficient (Wildman–Crippen LogP) is 17.9. The zero-order chi connectivity index (χ0) is 80.2. The van der Waals surface area contributed by atoms with Crippen molar-refractivity contribution in [1.82, 2.24) is 4.57 Å². The molecule has 0 atom stereocenters. The summed E-state index contributed by atoms with van der Waals surface area (Å²) in [6, 6.07) is -41.2. The Morgan fingerprint density at radius 2 is 0.797 bits per heavy atom. The number of rotatable bonds is 4. The number of benzene rings is 12. The Morgan fingerprint density at radius 3 is 1.55 bits per heavy atom. The van der Waals surface area contributed by atoms with E-state index in [1.54, 1.807) is 0 Å². The molecule has 1 heterocycles. The summed E-state index contributed by atoms with van der Waals surface area (Å²) in [6.45, 7) is 1.22. The molecule has 320 valence electrons. The normalized spacial score (nSPS) is 21.2. The molecule has 0 aliphatic heterocycles. The molecule has 12 aromatic carbocycles. The van der Waals surface area contributed by atoms with Gasteiger partial charge in [0.1, 0.15) is 0 Å². The van der Waals surface area contributed by atoms with Crippen molar-refractivity contribution in [1.29, 1.82) is 0 Å². The molecule has 0 saturated heterocycles. The first-order valence-corrected chi connectivity index (χ1v) is 20.9. The molecule has 0 amide bonds. The van der Waals surface area contributed by atoms with Gasteiger partial charge in [-0.15, -0.1) is 0 Å². The second-order valence-corrected chi connectivity index (χ2v) is 16.0. The molecule has 2 aliphatic carbocycles. The van der Waals surface area contributed by atoms with Crippen molar-refractivity contribution >= 4 is 54.1 Å². The van der Waals surface area contributed by atoms with Crippen molar-refractivity contribution in [3.8, 4) is 61.3 Å². The molecule has 0 unspecified atom stereocenters. The van der Waals surface area contributed by atoms with Crippen molar-refractivity contribution in [2.24, 2.45) is 0 Å². The maximum Gasteiger partial charge on any atom is 0.0725 e. The van der Waals surface area contributed by atoms with E-state index in [0.717, 1.165) is 4.57 Å². The molecule has 13 aromatic rings. The molecular formula is C68H43N. The Bertz CT molecular complexity index is 6600. The molecule has 1 aromatic heterocycles. The van der Waals surface area contributed by atoms with Gasteiger partial charge in [0.15, 0.2) is 0 Å². The van der Waals surface area contributed by atoms with E-state index >= 15 is 0 Å². The van der Waals surface area contributed by atoms with Crippen LogP contribution in [0.4, 0.5) is 0 Å². The molecule has 69 heavy (non-hydrogen) atoms. The Kier molecular flexibility index (Phi) is 3.37. The Labute approximate surface area is 457 Å². The minimum Gasteiger partial charge on any atom is -0.309 e. The minimum atomic E-state index is -2.92. The number of hydrogen-bond acceptors (Lipinski definition) is 0. The predicted molar refractivity (Wildman–Crippen MR) is 291 cm³/mol. The summed E-state index contributed by atoms with van der Waals surface area (Å²) in [5.74, 6) is 0. The Balaban J connectivity index is 1.10. The van der Waals surface area contributed by atoms with Gasteiger partial charge in [-0.05, 0) is 147 Å². The first-order chi connectivity index (χ1) is 50.8. The summed E-state index contributed by atoms with van der Waals surface area (Å²) < 4.78 is 378. The molecule has 1 heteroatoms. The highest BCUT2D eigenvalue weighted by atomic mass is 15.0. The fourth-order valence-electron chi connectivity index (χ4n) is 9.79. The smallest absolute Gasteiger partial charge is 0.0725 e. The molecule has 0 bridgehead atoms. The number of nitrogens with zero attached hydrogens (tertiary/aromatic N) is 1. The lowest BCUT2D eigenvalue weighted by Gasteiger charge is -2.30. The van der Waals surface area contributed by atoms with Crippen molar-refractivity contribution in [2.45, 2.75) is 12.3 Å². The van der Waals surface area contributed by atoms with Crippen LogP contribution < -0.4 is 0 Å². The maximum absolute atomic E-state index is 10.4. The van der Waals surface area contributed by atoms with Gasteiger partial charge in [-0.1, -0.05) is 211 Å². The molecule has 1 spiro atoms. The second kappa shape index (κ2) is 14.4. The summed E-state index contributed by atoms with van der Waals surface area (Å²) in [4.78, 5) is 0. The third kappa shape index (κ3) is 5.25. The maximum atomic E-state index is 10.4. The van der Waals surface area contributed by atoms with Gasteiger partial charge in [0.2, 0.25) is 0 Å². The van der Waals surface area contributed by atoms with E-state index in [9.17, 15) is 38.4 Å². The molecule has 0 saturated carbocycles. The average molecular weight is 914 g/mol. The highest BCUT2D eigenvalue weighted by Gasteiger charge is 2.52. The van der Waals surface area contributed by atoms with Crippen molar-refractivity contribution < 1.29 is 54.8 Å². The van der Waals surface area contributed by atoms with Crippen LogP contribution in [0.5, 0.6) is 0 Å². The second-order valence-electron chi connectivity index (χ2n) is 16.0. The summed E-state index contributed by atoms with van der Waals surface area (Å²) in [5, 5.41) is -5.97. The zero-order valence-electron chi connectivity index (χ0n) is 74.9. The van der Waals surface area contributed by atoms with Gasteiger partial charge < -0.3 is 4.57 Å². The summed E-state index contributed by atoms with van der Waals surface area (Å²) in [7, 11) is 0. The van der Waals surface area contributed by atoms with Gasteiger partial charge in [-0.3, -0.25) is 0 Å². The molecule has 1 nitrogen and oxygen atoms in total. The third-order valence-corrected chi connectivity index (χ3v) is 12.5. The van der Waals surface area contributed by atoms with E-state index in [1.165, 1.54) is 6.92 Å². The van der Waals surface area contributed by atoms with Crippen LogP contribution in [0.25, 0.3) is 115 Å². The van der Waals surface area contributed by atoms with E-state index in [4.69, 9.17) is 16.4 Å². The van der Waals surface area contributed by atoms with Gasteiger partial charge in [0, 0.05) is 22.0 Å². The van der Waals surface area contributed by atoms with Gasteiger partial charge in [0.05, 0.1) is 71.3 Å². The van der Waals surface area contributed by atoms with E-state index in [1.807, 2.05) is 0 Å². The fourth-order valence-corrected chi connectivity index (χ4v) is 9.79. The van der Waals surface area contributed by atoms with Gasteiger partial charge in [-0.2, -0.15) is 0 Å².